The van der Waals surface area contributed by atoms with Gasteiger partial charge >= 0.3 is 0 Å². The van der Waals surface area contributed by atoms with Crippen LogP contribution in [0.2, 0.25) is 0 Å². The Morgan fingerprint density at radius 2 is 1.72 bits per heavy atom. The van der Waals surface area contributed by atoms with Crippen LogP contribution >= 0.6 is 0 Å². The lowest BCUT2D eigenvalue weighted by molar-refractivity contribution is 0.0501. The minimum Gasteiger partial charge on any atom is -0.383 e. The molecular weight excluding hydrogens is 229 g/mol. The second-order valence-electron chi connectivity index (χ2n) is 4.92. The minimum atomic E-state index is -0.199. The highest BCUT2D eigenvalue weighted by molar-refractivity contribution is 5.42. The second-order valence-corrected chi connectivity index (χ2v) is 4.92. The summed E-state index contributed by atoms with van der Waals surface area (Å²) in [6.07, 6.45) is 8.17. The Bertz CT molecular complexity index is 331. The number of hydrogen-bond donors (Lipinski definition) is 1. The fourth-order valence-corrected chi connectivity index (χ4v) is 2.40. The summed E-state index contributed by atoms with van der Waals surface area (Å²) in [5.74, 6) is -0.199. The van der Waals surface area contributed by atoms with Crippen LogP contribution in [0, 0.1) is 5.82 Å². The second kappa shape index (κ2) is 7.37. The molecule has 0 bridgehead atoms. The van der Waals surface area contributed by atoms with Crippen molar-refractivity contribution < 1.29 is 9.13 Å². The molecule has 0 radical (unpaired) electrons. The maximum Gasteiger partial charge on any atom is 0.123 e. The molecule has 1 fully saturated rings. The number of hydrogen-bond acceptors (Lipinski definition) is 2. The summed E-state index contributed by atoms with van der Waals surface area (Å²) in [4.78, 5) is 0. The molecule has 18 heavy (non-hydrogen) atoms. The van der Waals surface area contributed by atoms with Crippen LogP contribution in [-0.4, -0.2) is 19.3 Å². The van der Waals surface area contributed by atoms with Crippen molar-refractivity contribution in [1.29, 1.82) is 0 Å². The molecule has 100 valence electrons. The summed E-state index contributed by atoms with van der Waals surface area (Å²) in [6, 6.07) is 6.44. The first kappa shape index (κ1) is 13.3. The Balaban J connectivity index is 1.61. The van der Waals surface area contributed by atoms with Crippen LogP contribution in [-0.2, 0) is 4.74 Å². The largest absolute Gasteiger partial charge is 0.383 e. The molecule has 0 aliphatic heterocycles. The van der Waals surface area contributed by atoms with Crippen molar-refractivity contribution in [2.45, 2.75) is 44.6 Å². The maximum atomic E-state index is 12.7. The minimum absolute atomic E-state index is 0.199. The standard InChI is InChI=1S/C15H22FNO/c16-13-7-9-14(10-8-13)17-11-12-18-15-5-3-1-2-4-6-15/h7-10,15,17H,1-6,11-12H2. The Morgan fingerprint density at radius 1 is 1.06 bits per heavy atom. The molecule has 0 heterocycles. The molecule has 1 aromatic rings. The molecule has 0 atom stereocenters. The van der Waals surface area contributed by atoms with Gasteiger partial charge in [0.2, 0.25) is 0 Å². The highest BCUT2D eigenvalue weighted by atomic mass is 19.1. The van der Waals surface area contributed by atoms with Crippen molar-refractivity contribution in [2.75, 3.05) is 18.5 Å². The molecule has 1 N–H and O–H groups in total. The highest BCUT2D eigenvalue weighted by Gasteiger charge is 2.11. The zero-order chi connectivity index (χ0) is 12.6. The fraction of sp³-hybridized carbons (Fsp3) is 0.600. The zero-order valence-electron chi connectivity index (χ0n) is 10.8. The van der Waals surface area contributed by atoms with Gasteiger partial charge in [-0.2, -0.15) is 0 Å². The van der Waals surface area contributed by atoms with Gasteiger partial charge in [0.1, 0.15) is 5.82 Å². The highest BCUT2D eigenvalue weighted by Crippen LogP contribution is 2.19. The molecule has 1 saturated carbocycles. The van der Waals surface area contributed by atoms with Crippen molar-refractivity contribution in [3.63, 3.8) is 0 Å². The third-order valence-corrected chi connectivity index (χ3v) is 3.43. The summed E-state index contributed by atoms with van der Waals surface area (Å²) < 4.78 is 18.6. The summed E-state index contributed by atoms with van der Waals surface area (Å²) >= 11 is 0. The third-order valence-electron chi connectivity index (χ3n) is 3.43. The average Bonchev–Trinajstić information content (AvgIpc) is 2.65. The van der Waals surface area contributed by atoms with Crippen LogP contribution < -0.4 is 5.32 Å². The number of rotatable bonds is 5. The molecule has 1 aliphatic carbocycles. The topological polar surface area (TPSA) is 21.3 Å². The molecule has 0 aromatic heterocycles. The van der Waals surface area contributed by atoms with E-state index in [0.717, 1.165) is 18.8 Å². The van der Waals surface area contributed by atoms with Gasteiger partial charge in [-0.3, -0.25) is 0 Å². The van der Waals surface area contributed by atoms with E-state index in [4.69, 9.17) is 4.74 Å². The van der Waals surface area contributed by atoms with E-state index in [9.17, 15) is 4.39 Å². The SMILES string of the molecule is Fc1ccc(NCCOC2CCCCCC2)cc1. The molecule has 1 aliphatic rings. The number of anilines is 1. The third kappa shape index (κ3) is 4.65. The van der Waals surface area contributed by atoms with Gasteiger partial charge < -0.3 is 10.1 Å². The molecule has 0 unspecified atom stereocenters. The van der Waals surface area contributed by atoms with Crippen LogP contribution in [0.1, 0.15) is 38.5 Å². The molecule has 2 nitrogen and oxygen atoms in total. The van der Waals surface area contributed by atoms with E-state index in [1.165, 1.54) is 50.7 Å². The molecule has 1 aromatic carbocycles. The van der Waals surface area contributed by atoms with Crippen molar-refractivity contribution in [1.82, 2.24) is 0 Å². The number of nitrogens with one attached hydrogen (secondary N) is 1. The van der Waals surface area contributed by atoms with Gasteiger partial charge in [-0.15, -0.1) is 0 Å². The Labute approximate surface area is 109 Å². The van der Waals surface area contributed by atoms with Gasteiger partial charge in [0.25, 0.3) is 0 Å². The molecule has 0 spiro atoms. The van der Waals surface area contributed by atoms with Crippen LogP contribution in [0.25, 0.3) is 0 Å². The summed E-state index contributed by atoms with van der Waals surface area (Å²) in [5.41, 5.74) is 0.945. The molecule has 0 amide bonds. The average molecular weight is 251 g/mol. The van der Waals surface area contributed by atoms with Crippen LogP contribution in [0.15, 0.2) is 24.3 Å². The predicted molar refractivity (Wildman–Crippen MR) is 72.3 cm³/mol. The maximum absolute atomic E-state index is 12.7. The van der Waals surface area contributed by atoms with E-state index in [0.29, 0.717) is 6.10 Å². The first-order valence-electron chi connectivity index (χ1n) is 6.95. The van der Waals surface area contributed by atoms with Gasteiger partial charge in [-0.25, -0.2) is 4.39 Å². The summed E-state index contributed by atoms with van der Waals surface area (Å²) in [6.45, 7) is 1.50. The number of benzene rings is 1. The van der Waals surface area contributed by atoms with Crippen molar-refractivity contribution in [3.05, 3.63) is 30.1 Å². The first-order chi connectivity index (χ1) is 8.84. The van der Waals surface area contributed by atoms with E-state index in [-0.39, 0.29) is 5.82 Å². The lowest BCUT2D eigenvalue weighted by Crippen LogP contribution is -2.17. The lowest BCUT2D eigenvalue weighted by atomic mass is 10.1. The van der Waals surface area contributed by atoms with Crippen molar-refractivity contribution in [3.8, 4) is 0 Å². The zero-order valence-corrected chi connectivity index (χ0v) is 10.8. The van der Waals surface area contributed by atoms with Gasteiger partial charge in [-0.05, 0) is 37.1 Å². The van der Waals surface area contributed by atoms with Crippen molar-refractivity contribution in [2.24, 2.45) is 0 Å². The predicted octanol–water partition coefficient (Wildman–Crippen LogP) is 3.98. The van der Waals surface area contributed by atoms with Crippen LogP contribution in [0.3, 0.4) is 0 Å². The van der Waals surface area contributed by atoms with E-state index in [2.05, 4.69) is 5.32 Å². The van der Waals surface area contributed by atoms with E-state index in [1.54, 1.807) is 12.1 Å². The Kier molecular flexibility index (Phi) is 5.46. The van der Waals surface area contributed by atoms with Crippen molar-refractivity contribution >= 4 is 5.69 Å². The molecule has 3 heteroatoms. The van der Waals surface area contributed by atoms with Crippen LogP contribution in [0.5, 0.6) is 0 Å². The summed E-state index contributed by atoms with van der Waals surface area (Å²) in [7, 11) is 0. The Hall–Kier alpha value is -1.09. The number of halogens is 1. The molecular formula is C15H22FNO. The Morgan fingerprint density at radius 3 is 2.39 bits per heavy atom. The van der Waals surface area contributed by atoms with Gasteiger partial charge in [0.15, 0.2) is 0 Å². The van der Waals surface area contributed by atoms with Gasteiger partial charge in [0.05, 0.1) is 12.7 Å². The quantitative estimate of drug-likeness (QED) is 0.631. The van der Waals surface area contributed by atoms with E-state index < -0.39 is 0 Å². The normalized spacial score (nSPS) is 17.4. The van der Waals surface area contributed by atoms with Crippen LogP contribution in [0.4, 0.5) is 10.1 Å². The van der Waals surface area contributed by atoms with E-state index in [1.807, 2.05) is 0 Å². The first-order valence-corrected chi connectivity index (χ1v) is 6.95. The van der Waals surface area contributed by atoms with Gasteiger partial charge in [-0.1, -0.05) is 25.7 Å². The van der Waals surface area contributed by atoms with Gasteiger partial charge in [0, 0.05) is 12.2 Å². The fourth-order valence-electron chi connectivity index (χ4n) is 2.40. The smallest absolute Gasteiger partial charge is 0.123 e. The lowest BCUT2D eigenvalue weighted by Gasteiger charge is -2.15. The molecule has 2 rings (SSSR count). The number of ether oxygens (including phenoxy) is 1. The van der Waals surface area contributed by atoms with E-state index >= 15 is 0 Å². The summed E-state index contributed by atoms with van der Waals surface area (Å²) in [5, 5.41) is 3.24. The monoisotopic (exact) mass is 251 g/mol. The molecule has 0 saturated heterocycles.